The number of hydrogen-bond acceptors (Lipinski definition) is 3. The fourth-order valence-electron chi connectivity index (χ4n) is 3.24. The average molecular weight is 564 g/mol. The smallest absolute Gasteiger partial charge is 0.417 e. The highest BCUT2D eigenvalue weighted by atomic mass is 19.4. The number of guanidine groups is 1. The Morgan fingerprint density at radius 2 is 1.36 bits per heavy atom. The molecule has 0 fully saturated rings. The molecule has 15 heteroatoms. The number of carbonyl (C=O) groups excluding carboxylic acids is 1. The summed E-state index contributed by atoms with van der Waals surface area (Å²) in [5.74, 6) is -1.91. The highest BCUT2D eigenvalue weighted by Crippen LogP contribution is 2.38. The van der Waals surface area contributed by atoms with Gasteiger partial charge >= 0.3 is 18.5 Å². The molecule has 5 N–H and O–H groups in total. The van der Waals surface area contributed by atoms with Crippen LogP contribution in [0.25, 0.3) is 0 Å². The number of halogens is 9. The molecule has 6 nitrogen and oxygen atoms in total. The van der Waals surface area contributed by atoms with Crippen molar-refractivity contribution in [1.29, 1.82) is 0 Å². The molecule has 0 atom stereocenters. The highest BCUT2D eigenvalue weighted by molar-refractivity contribution is 6.05. The molecule has 3 aromatic carbocycles. The Morgan fingerprint density at radius 1 is 0.769 bits per heavy atom. The van der Waals surface area contributed by atoms with Crippen LogP contribution in [0.1, 0.15) is 32.6 Å². The third-order valence-electron chi connectivity index (χ3n) is 5.04. The van der Waals surface area contributed by atoms with E-state index in [2.05, 4.69) is 10.3 Å². The first-order chi connectivity index (χ1) is 17.9. The molecule has 0 aliphatic rings. The molecule has 0 aromatic heterocycles. The molecule has 0 aliphatic carbocycles. The second kappa shape index (κ2) is 10.7. The first kappa shape index (κ1) is 29.1. The van der Waals surface area contributed by atoms with Crippen LogP contribution in [0, 0.1) is 0 Å². The van der Waals surface area contributed by atoms with Crippen LogP contribution in [-0.4, -0.2) is 11.9 Å². The normalized spacial score (nSPS) is 12.1. The van der Waals surface area contributed by atoms with Gasteiger partial charge in [0.15, 0.2) is 5.96 Å². The van der Waals surface area contributed by atoms with E-state index < -0.39 is 52.6 Å². The van der Waals surface area contributed by atoms with Crippen molar-refractivity contribution in [3.8, 4) is 5.75 Å². The fraction of sp³-hybridized carbons (Fsp3) is 0.167. The lowest BCUT2D eigenvalue weighted by molar-refractivity contribution is -0.143. The van der Waals surface area contributed by atoms with E-state index in [-0.39, 0.29) is 29.8 Å². The van der Waals surface area contributed by atoms with Crippen molar-refractivity contribution < 1.29 is 49.0 Å². The Hall–Kier alpha value is -4.43. The van der Waals surface area contributed by atoms with Crippen LogP contribution in [-0.2, 0) is 25.1 Å². The maximum atomic E-state index is 13.4. The van der Waals surface area contributed by atoms with Crippen LogP contribution in [0.3, 0.4) is 0 Å². The number of nitrogens with zero attached hydrogens (tertiary/aromatic N) is 1. The molecule has 1 amide bonds. The van der Waals surface area contributed by atoms with Gasteiger partial charge in [0.05, 0.1) is 22.3 Å². The zero-order valence-electron chi connectivity index (χ0n) is 19.3. The van der Waals surface area contributed by atoms with Gasteiger partial charge in [-0.15, -0.1) is 0 Å². The predicted octanol–water partition coefficient (Wildman–Crippen LogP) is 6.48. The number of benzene rings is 3. The van der Waals surface area contributed by atoms with E-state index in [0.29, 0.717) is 17.7 Å². The summed E-state index contributed by atoms with van der Waals surface area (Å²) in [6, 6.07) is 8.04. The monoisotopic (exact) mass is 564 g/mol. The summed E-state index contributed by atoms with van der Waals surface area (Å²) >= 11 is 0. The van der Waals surface area contributed by atoms with Gasteiger partial charge in [-0.1, -0.05) is 12.1 Å². The number of ether oxygens (including phenoxy) is 1. The standard InChI is InChI=1S/C24H17F9N4O2/c25-22(26,27)13-3-1-12(2-4-13)11-39-19-10-15(6-8-18(19)37-21(34)35)36-20(38)16-7-5-14(23(28,29)30)9-17(16)24(31,32)33/h1-10H,11H2,(H,36,38)(H4,34,35,37). The Balaban J connectivity index is 1.89. The molecule has 39 heavy (non-hydrogen) atoms. The molecule has 0 spiro atoms. The third-order valence-corrected chi connectivity index (χ3v) is 5.04. The third kappa shape index (κ3) is 7.55. The number of nitrogens with two attached hydrogens (primary N) is 2. The second-order valence-corrected chi connectivity index (χ2v) is 7.91. The molecule has 0 aliphatic heterocycles. The molecular formula is C24H17F9N4O2. The van der Waals surface area contributed by atoms with Crippen molar-refractivity contribution >= 4 is 23.2 Å². The lowest BCUT2D eigenvalue weighted by Crippen LogP contribution is -2.22. The number of alkyl halides is 9. The first-order valence-electron chi connectivity index (χ1n) is 10.6. The van der Waals surface area contributed by atoms with E-state index in [0.717, 1.165) is 30.3 Å². The van der Waals surface area contributed by atoms with Gasteiger partial charge in [0.25, 0.3) is 5.91 Å². The van der Waals surface area contributed by atoms with Crippen molar-refractivity contribution in [3.63, 3.8) is 0 Å². The molecule has 208 valence electrons. The van der Waals surface area contributed by atoms with Crippen molar-refractivity contribution in [3.05, 3.63) is 88.5 Å². The van der Waals surface area contributed by atoms with Gasteiger partial charge in [0, 0.05) is 11.8 Å². The van der Waals surface area contributed by atoms with Crippen molar-refractivity contribution in [2.45, 2.75) is 25.1 Å². The van der Waals surface area contributed by atoms with Gasteiger partial charge < -0.3 is 21.5 Å². The van der Waals surface area contributed by atoms with E-state index in [4.69, 9.17) is 16.2 Å². The molecule has 0 unspecified atom stereocenters. The number of amides is 1. The summed E-state index contributed by atoms with van der Waals surface area (Å²) in [5.41, 5.74) is 5.53. The van der Waals surface area contributed by atoms with E-state index in [9.17, 15) is 44.3 Å². The molecular weight excluding hydrogens is 547 g/mol. The van der Waals surface area contributed by atoms with E-state index in [1.165, 1.54) is 12.1 Å². The Bertz CT molecular complexity index is 1380. The summed E-state index contributed by atoms with van der Waals surface area (Å²) in [5, 5.41) is 2.14. The SMILES string of the molecule is NC(N)=Nc1ccc(NC(=O)c2ccc(C(F)(F)F)cc2C(F)(F)F)cc1OCc1ccc(C(F)(F)F)cc1. The van der Waals surface area contributed by atoms with Crippen molar-refractivity contribution in [2.24, 2.45) is 16.5 Å². The van der Waals surface area contributed by atoms with Gasteiger partial charge in [-0.2, -0.15) is 39.5 Å². The van der Waals surface area contributed by atoms with Crippen LogP contribution < -0.4 is 21.5 Å². The first-order valence-corrected chi connectivity index (χ1v) is 10.6. The van der Waals surface area contributed by atoms with E-state index >= 15 is 0 Å². The Labute approximate surface area is 214 Å². The van der Waals surface area contributed by atoms with Gasteiger partial charge in [-0.05, 0) is 48.0 Å². The summed E-state index contributed by atoms with van der Waals surface area (Å²) in [6.45, 7) is -0.292. The number of aliphatic imine (C=N–C) groups is 1. The van der Waals surface area contributed by atoms with Crippen molar-refractivity contribution in [2.75, 3.05) is 5.32 Å². The minimum absolute atomic E-state index is 0.00502. The predicted molar refractivity (Wildman–Crippen MR) is 122 cm³/mol. The number of rotatable bonds is 6. The number of carbonyl (C=O) groups is 1. The minimum atomic E-state index is -5.28. The molecule has 0 bridgehead atoms. The largest absolute Gasteiger partial charge is 0.487 e. The molecule has 0 heterocycles. The van der Waals surface area contributed by atoms with Crippen LogP contribution in [0.2, 0.25) is 0 Å². The van der Waals surface area contributed by atoms with Crippen molar-refractivity contribution in [1.82, 2.24) is 0 Å². The lowest BCUT2D eigenvalue weighted by atomic mass is 10.0. The van der Waals surface area contributed by atoms with Gasteiger partial charge in [-0.3, -0.25) is 4.79 Å². The zero-order valence-corrected chi connectivity index (χ0v) is 19.3. The maximum Gasteiger partial charge on any atom is 0.417 e. The van der Waals surface area contributed by atoms with Crippen LogP contribution >= 0.6 is 0 Å². The Kier molecular flexibility index (Phi) is 8.03. The molecule has 0 saturated carbocycles. The average Bonchev–Trinajstić information content (AvgIpc) is 2.82. The zero-order chi connectivity index (χ0) is 29.2. The summed E-state index contributed by atoms with van der Waals surface area (Å²) in [6.07, 6.45) is -14.9. The molecule has 0 radical (unpaired) electrons. The number of nitrogens with one attached hydrogen (secondary N) is 1. The maximum absolute atomic E-state index is 13.4. The fourth-order valence-corrected chi connectivity index (χ4v) is 3.24. The highest BCUT2D eigenvalue weighted by Gasteiger charge is 2.39. The molecule has 3 rings (SSSR count). The van der Waals surface area contributed by atoms with Crippen LogP contribution in [0.5, 0.6) is 5.75 Å². The number of anilines is 1. The minimum Gasteiger partial charge on any atom is -0.487 e. The van der Waals surface area contributed by atoms with Gasteiger partial charge in [0.1, 0.15) is 18.0 Å². The van der Waals surface area contributed by atoms with E-state index in [1.54, 1.807) is 0 Å². The van der Waals surface area contributed by atoms with E-state index in [1.807, 2.05) is 0 Å². The molecule has 0 saturated heterocycles. The summed E-state index contributed by atoms with van der Waals surface area (Å²) < 4.78 is 123. The topological polar surface area (TPSA) is 103 Å². The van der Waals surface area contributed by atoms with Gasteiger partial charge in [0.2, 0.25) is 0 Å². The second-order valence-electron chi connectivity index (χ2n) is 7.91. The summed E-state index contributed by atoms with van der Waals surface area (Å²) in [4.78, 5) is 16.4. The lowest BCUT2D eigenvalue weighted by Gasteiger charge is -2.16. The Morgan fingerprint density at radius 3 is 1.90 bits per heavy atom. The quantitative estimate of drug-likeness (QED) is 0.181. The molecule has 3 aromatic rings. The van der Waals surface area contributed by atoms with Gasteiger partial charge in [-0.25, -0.2) is 4.99 Å². The summed E-state index contributed by atoms with van der Waals surface area (Å²) in [7, 11) is 0. The van der Waals surface area contributed by atoms with Crippen LogP contribution in [0.4, 0.5) is 50.9 Å². The van der Waals surface area contributed by atoms with Crippen LogP contribution in [0.15, 0.2) is 65.7 Å². The number of hydrogen-bond donors (Lipinski definition) is 3.